The molecule has 0 aliphatic heterocycles. The second kappa shape index (κ2) is 2.89. The van der Waals surface area contributed by atoms with Crippen LogP contribution in [0.25, 0.3) is 0 Å². The molecular weight excluding hydrogens is 151 g/mol. The van der Waals surface area contributed by atoms with Crippen LogP contribution < -0.4 is 0 Å². The fourth-order valence-corrected chi connectivity index (χ4v) is 1.94. The van der Waals surface area contributed by atoms with E-state index in [4.69, 9.17) is 0 Å². The van der Waals surface area contributed by atoms with Gasteiger partial charge in [-0.15, -0.1) is 0 Å². The molecular formula is C11H13F. The fraction of sp³-hybridized carbons (Fsp3) is 0.455. The number of hydrogen-bond acceptors (Lipinski definition) is 0. The first-order valence-corrected chi connectivity index (χ1v) is 4.53. The van der Waals surface area contributed by atoms with E-state index in [0.29, 0.717) is 0 Å². The lowest BCUT2D eigenvalue weighted by molar-refractivity contribution is 0.482. The molecule has 0 fully saturated rings. The summed E-state index contributed by atoms with van der Waals surface area (Å²) in [7, 11) is 0. The van der Waals surface area contributed by atoms with Gasteiger partial charge in [0, 0.05) is 0 Å². The molecule has 1 aliphatic carbocycles. The largest absolute Gasteiger partial charge is 0.207 e. The van der Waals surface area contributed by atoms with Crippen molar-refractivity contribution in [2.24, 2.45) is 5.92 Å². The Morgan fingerprint density at radius 3 is 3.08 bits per heavy atom. The topological polar surface area (TPSA) is 0 Å². The average molecular weight is 164 g/mol. The second-order valence-corrected chi connectivity index (χ2v) is 3.73. The van der Waals surface area contributed by atoms with E-state index < -0.39 is 0 Å². The predicted molar refractivity (Wildman–Crippen MR) is 47.6 cm³/mol. The van der Waals surface area contributed by atoms with Crippen LogP contribution in [0.1, 0.15) is 24.5 Å². The summed E-state index contributed by atoms with van der Waals surface area (Å²) in [4.78, 5) is 0. The number of benzene rings is 1. The molecule has 0 nitrogen and oxygen atoms in total. The van der Waals surface area contributed by atoms with Gasteiger partial charge in [0.05, 0.1) is 0 Å². The first-order valence-electron chi connectivity index (χ1n) is 4.53. The molecule has 0 radical (unpaired) electrons. The predicted octanol–water partition coefficient (Wildman–Crippen LogP) is 2.95. The lowest BCUT2D eigenvalue weighted by atomic mass is 9.85. The van der Waals surface area contributed by atoms with Crippen molar-refractivity contribution in [1.29, 1.82) is 0 Å². The van der Waals surface area contributed by atoms with Gasteiger partial charge in [-0.1, -0.05) is 19.1 Å². The highest BCUT2D eigenvalue weighted by Gasteiger charge is 2.17. The molecule has 0 spiro atoms. The van der Waals surface area contributed by atoms with E-state index in [-0.39, 0.29) is 5.82 Å². The third-order valence-electron chi connectivity index (χ3n) is 2.67. The maximum Gasteiger partial charge on any atom is 0.126 e. The van der Waals surface area contributed by atoms with Gasteiger partial charge in [-0.05, 0) is 42.4 Å². The van der Waals surface area contributed by atoms with Crippen molar-refractivity contribution < 1.29 is 4.39 Å². The van der Waals surface area contributed by atoms with Gasteiger partial charge in [-0.25, -0.2) is 4.39 Å². The number of halogens is 1. The maximum atomic E-state index is 13.2. The molecule has 0 bridgehead atoms. The van der Waals surface area contributed by atoms with Crippen molar-refractivity contribution in [2.45, 2.75) is 26.2 Å². The molecule has 0 amide bonds. The minimum absolute atomic E-state index is 0.0144. The third-order valence-corrected chi connectivity index (χ3v) is 2.67. The summed E-state index contributed by atoms with van der Waals surface area (Å²) in [6.45, 7) is 2.23. The minimum atomic E-state index is -0.0144. The Balaban J connectivity index is 2.42. The maximum absolute atomic E-state index is 13.2. The summed E-state index contributed by atoms with van der Waals surface area (Å²) in [5.74, 6) is 0.707. The third kappa shape index (κ3) is 1.24. The summed E-state index contributed by atoms with van der Waals surface area (Å²) in [5.41, 5.74) is 2.17. The van der Waals surface area contributed by atoms with E-state index >= 15 is 0 Å². The Hall–Kier alpha value is -0.850. The van der Waals surface area contributed by atoms with Gasteiger partial charge in [0.1, 0.15) is 5.82 Å². The zero-order valence-electron chi connectivity index (χ0n) is 7.31. The molecule has 1 unspecified atom stereocenters. The summed E-state index contributed by atoms with van der Waals surface area (Å²) in [5, 5.41) is 0. The molecule has 64 valence electrons. The molecule has 0 saturated carbocycles. The van der Waals surface area contributed by atoms with Crippen molar-refractivity contribution in [3.8, 4) is 0 Å². The van der Waals surface area contributed by atoms with Gasteiger partial charge < -0.3 is 0 Å². The molecule has 0 heterocycles. The molecule has 1 aliphatic rings. The van der Waals surface area contributed by atoms with Crippen molar-refractivity contribution >= 4 is 0 Å². The van der Waals surface area contributed by atoms with E-state index in [1.807, 2.05) is 12.1 Å². The van der Waals surface area contributed by atoms with Gasteiger partial charge in [-0.3, -0.25) is 0 Å². The van der Waals surface area contributed by atoms with Crippen LogP contribution in [0.2, 0.25) is 0 Å². The van der Waals surface area contributed by atoms with Crippen molar-refractivity contribution in [1.82, 2.24) is 0 Å². The van der Waals surface area contributed by atoms with Gasteiger partial charge in [0.25, 0.3) is 0 Å². The van der Waals surface area contributed by atoms with Crippen LogP contribution in [0.4, 0.5) is 4.39 Å². The normalized spacial score (nSPS) is 22.0. The van der Waals surface area contributed by atoms with Crippen LogP contribution in [0.5, 0.6) is 0 Å². The first-order chi connectivity index (χ1) is 5.77. The lowest BCUT2D eigenvalue weighted by Crippen LogP contribution is -2.12. The lowest BCUT2D eigenvalue weighted by Gasteiger charge is -2.21. The van der Waals surface area contributed by atoms with Crippen LogP contribution in [-0.4, -0.2) is 0 Å². The summed E-state index contributed by atoms with van der Waals surface area (Å²) in [6.07, 6.45) is 3.10. The van der Waals surface area contributed by atoms with E-state index in [1.54, 1.807) is 6.07 Å². The Kier molecular flexibility index (Phi) is 1.87. The van der Waals surface area contributed by atoms with Crippen molar-refractivity contribution in [3.05, 3.63) is 35.1 Å². The van der Waals surface area contributed by atoms with Crippen LogP contribution in [0, 0.1) is 11.7 Å². The van der Waals surface area contributed by atoms with Crippen LogP contribution in [-0.2, 0) is 12.8 Å². The van der Waals surface area contributed by atoms with E-state index in [1.165, 1.54) is 5.56 Å². The SMILES string of the molecule is CC1CCc2c(F)cccc2C1. The highest BCUT2D eigenvalue weighted by Crippen LogP contribution is 2.26. The summed E-state index contributed by atoms with van der Waals surface area (Å²) in [6, 6.07) is 5.43. The number of fused-ring (bicyclic) bond motifs is 1. The molecule has 1 aromatic carbocycles. The monoisotopic (exact) mass is 164 g/mol. The van der Waals surface area contributed by atoms with Crippen molar-refractivity contribution in [2.75, 3.05) is 0 Å². The smallest absolute Gasteiger partial charge is 0.126 e. The van der Waals surface area contributed by atoms with Crippen LogP contribution >= 0.6 is 0 Å². The summed E-state index contributed by atoms with van der Waals surface area (Å²) >= 11 is 0. The molecule has 1 atom stereocenters. The zero-order valence-corrected chi connectivity index (χ0v) is 7.31. The molecule has 2 rings (SSSR count). The minimum Gasteiger partial charge on any atom is -0.207 e. The van der Waals surface area contributed by atoms with E-state index in [0.717, 1.165) is 30.7 Å². The number of hydrogen-bond donors (Lipinski definition) is 0. The Bertz CT molecular complexity index is 291. The molecule has 1 aromatic rings. The van der Waals surface area contributed by atoms with Crippen LogP contribution in [0.15, 0.2) is 18.2 Å². The number of rotatable bonds is 0. The molecule has 0 saturated heterocycles. The highest BCUT2D eigenvalue weighted by atomic mass is 19.1. The van der Waals surface area contributed by atoms with Gasteiger partial charge >= 0.3 is 0 Å². The zero-order chi connectivity index (χ0) is 8.55. The molecule has 0 aromatic heterocycles. The van der Waals surface area contributed by atoms with E-state index in [2.05, 4.69) is 6.92 Å². The first kappa shape index (κ1) is 7.78. The van der Waals surface area contributed by atoms with Crippen molar-refractivity contribution in [3.63, 3.8) is 0 Å². The van der Waals surface area contributed by atoms with E-state index in [9.17, 15) is 4.39 Å². The second-order valence-electron chi connectivity index (χ2n) is 3.73. The Morgan fingerprint density at radius 2 is 2.25 bits per heavy atom. The van der Waals surface area contributed by atoms with Gasteiger partial charge in [0.15, 0.2) is 0 Å². The highest BCUT2D eigenvalue weighted by molar-refractivity contribution is 5.30. The molecule has 12 heavy (non-hydrogen) atoms. The van der Waals surface area contributed by atoms with Crippen LogP contribution in [0.3, 0.4) is 0 Å². The van der Waals surface area contributed by atoms with Gasteiger partial charge in [-0.2, -0.15) is 0 Å². The Labute approximate surface area is 72.4 Å². The molecule has 0 N–H and O–H groups in total. The summed E-state index contributed by atoms with van der Waals surface area (Å²) < 4.78 is 13.2. The Morgan fingerprint density at radius 1 is 1.42 bits per heavy atom. The average Bonchev–Trinajstić information content (AvgIpc) is 2.04. The fourth-order valence-electron chi connectivity index (χ4n) is 1.94. The molecule has 1 heteroatoms. The standard InChI is InChI=1S/C11H13F/c1-8-5-6-10-9(7-8)3-2-4-11(10)12/h2-4,8H,5-7H2,1H3. The van der Waals surface area contributed by atoms with Gasteiger partial charge in [0.2, 0.25) is 0 Å². The quantitative estimate of drug-likeness (QED) is 0.553.